The molecule has 1 aliphatic rings. The van der Waals surface area contributed by atoms with Crippen LogP contribution in [0.2, 0.25) is 0 Å². The van der Waals surface area contributed by atoms with E-state index in [-0.39, 0.29) is 17.0 Å². The predicted octanol–water partition coefficient (Wildman–Crippen LogP) is 0.835. The van der Waals surface area contributed by atoms with Crippen LogP contribution in [0.1, 0.15) is 39.5 Å². The van der Waals surface area contributed by atoms with Gasteiger partial charge in [-0.3, -0.25) is 14.5 Å². The number of fused-ring (bicyclic) bond motifs is 1. The molecule has 1 aromatic carbocycles. The smallest absolute Gasteiger partial charge is 0.262 e. The Labute approximate surface area is 110 Å². The lowest BCUT2D eigenvalue weighted by molar-refractivity contribution is 0.0588. The Hall–Kier alpha value is -2.71. The molecule has 2 amide bonds. The predicted molar refractivity (Wildman–Crippen MR) is 59.5 cm³/mol. The summed E-state index contributed by atoms with van der Waals surface area (Å²) < 4.78 is 26.4. The molecule has 20 heavy (non-hydrogen) atoms. The zero-order valence-electron chi connectivity index (χ0n) is 10.1. The van der Waals surface area contributed by atoms with E-state index in [1.165, 1.54) is 6.92 Å². The molecule has 2 heterocycles. The van der Waals surface area contributed by atoms with Crippen molar-refractivity contribution in [3.63, 3.8) is 0 Å². The molecule has 3 rings (SSSR count). The van der Waals surface area contributed by atoms with Crippen molar-refractivity contribution in [3.05, 3.63) is 40.7 Å². The number of imide groups is 1. The van der Waals surface area contributed by atoms with Gasteiger partial charge in [-0.15, -0.1) is 10.2 Å². The van der Waals surface area contributed by atoms with Crippen molar-refractivity contribution >= 4 is 11.8 Å². The molecule has 0 fully saturated rings. The summed E-state index contributed by atoms with van der Waals surface area (Å²) in [6, 6.07) is 0.633. The summed E-state index contributed by atoms with van der Waals surface area (Å²) in [7, 11) is 0. The van der Waals surface area contributed by atoms with E-state index in [0.717, 1.165) is 4.90 Å². The van der Waals surface area contributed by atoms with Crippen LogP contribution in [0.4, 0.5) is 8.78 Å². The number of aromatic amines is 1. The van der Waals surface area contributed by atoms with E-state index < -0.39 is 29.5 Å². The fourth-order valence-electron chi connectivity index (χ4n) is 2.07. The number of aromatic nitrogens is 4. The molecule has 2 aromatic rings. The number of nitrogens with zero attached hydrogens (tertiary/aromatic N) is 4. The SMILES string of the molecule is CC(c1nn[nH]n1)N1C(=O)c2cc(F)c(F)cc2C1=O. The Bertz CT molecular complexity index is 675. The van der Waals surface area contributed by atoms with Crippen LogP contribution in [-0.2, 0) is 0 Å². The number of carbonyl (C=O) groups is 2. The lowest BCUT2D eigenvalue weighted by Crippen LogP contribution is -2.33. The second kappa shape index (κ2) is 4.15. The molecule has 1 atom stereocenters. The van der Waals surface area contributed by atoms with E-state index in [0.29, 0.717) is 12.1 Å². The fourth-order valence-corrected chi connectivity index (χ4v) is 2.07. The summed E-state index contributed by atoms with van der Waals surface area (Å²) in [6.45, 7) is 1.51. The van der Waals surface area contributed by atoms with Crippen LogP contribution in [0.5, 0.6) is 0 Å². The molecule has 0 radical (unpaired) electrons. The van der Waals surface area contributed by atoms with Gasteiger partial charge >= 0.3 is 0 Å². The van der Waals surface area contributed by atoms with Crippen LogP contribution in [-0.4, -0.2) is 37.3 Å². The summed E-state index contributed by atoms with van der Waals surface area (Å²) in [4.78, 5) is 25.1. The molecule has 102 valence electrons. The molecule has 0 bridgehead atoms. The Morgan fingerprint density at radius 1 is 1.15 bits per heavy atom. The maximum atomic E-state index is 13.2. The van der Waals surface area contributed by atoms with Gasteiger partial charge in [-0.25, -0.2) is 8.78 Å². The Balaban J connectivity index is 2.05. The Morgan fingerprint density at radius 3 is 2.15 bits per heavy atom. The number of halogens is 2. The van der Waals surface area contributed by atoms with Crippen LogP contribution in [0, 0.1) is 11.6 Å². The molecular formula is C11H7F2N5O2. The summed E-state index contributed by atoms with van der Waals surface area (Å²) in [5, 5.41) is 12.9. The van der Waals surface area contributed by atoms with Gasteiger partial charge in [0.2, 0.25) is 0 Å². The van der Waals surface area contributed by atoms with Gasteiger partial charge in [0, 0.05) is 0 Å². The monoisotopic (exact) mass is 279 g/mol. The number of tetrazole rings is 1. The number of H-pyrrole nitrogens is 1. The van der Waals surface area contributed by atoms with E-state index >= 15 is 0 Å². The van der Waals surface area contributed by atoms with Gasteiger partial charge in [0.1, 0.15) is 6.04 Å². The van der Waals surface area contributed by atoms with Crippen LogP contribution >= 0.6 is 0 Å². The standard InChI is InChI=1S/C11H7F2N5O2/c1-4(9-14-16-17-15-9)18-10(19)5-2-7(12)8(13)3-6(5)11(18)20/h2-4H,1H3,(H,14,15,16,17). The van der Waals surface area contributed by atoms with Gasteiger partial charge in [-0.2, -0.15) is 5.21 Å². The average molecular weight is 279 g/mol. The number of rotatable bonds is 2. The highest BCUT2D eigenvalue weighted by Crippen LogP contribution is 2.30. The average Bonchev–Trinajstić information content (AvgIpc) is 3.01. The molecule has 1 N–H and O–H groups in total. The highest BCUT2D eigenvalue weighted by molar-refractivity contribution is 6.21. The Morgan fingerprint density at radius 2 is 1.70 bits per heavy atom. The fraction of sp³-hybridized carbons (Fsp3) is 0.182. The van der Waals surface area contributed by atoms with E-state index in [1.807, 2.05) is 0 Å². The van der Waals surface area contributed by atoms with Crippen molar-refractivity contribution in [2.24, 2.45) is 0 Å². The van der Waals surface area contributed by atoms with Crippen LogP contribution in [0.25, 0.3) is 0 Å². The van der Waals surface area contributed by atoms with E-state index in [2.05, 4.69) is 20.6 Å². The minimum absolute atomic E-state index is 0.125. The van der Waals surface area contributed by atoms with E-state index in [9.17, 15) is 18.4 Å². The van der Waals surface area contributed by atoms with Gasteiger partial charge in [-0.1, -0.05) is 5.21 Å². The summed E-state index contributed by atoms with van der Waals surface area (Å²) >= 11 is 0. The zero-order valence-corrected chi connectivity index (χ0v) is 10.1. The maximum Gasteiger partial charge on any atom is 0.262 e. The highest BCUT2D eigenvalue weighted by Gasteiger charge is 2.41. The molecule has 0 spiro atoms. The van der Waals surface area contributed by atoms with Crippen molar-refractivity contribution in [2.45, 2.75) is 13.0 Å². The van der Waals surface area contributed by atoms with Crippen molar-refractivity contribution in [2.75, 3.05) is 0 Å². The second-order valence-electron chi connectivity index (χ2n) is 4.24. The molecule has 1 unspecified atom stereocenters. The molecule has 1 aliphatic heterocycles. The van der Waals surface area contributed by atoms with Crippen LogP contribution < -0.4 is 0 Å². The molecule has 0 saturated carbocycles. The highest BCUT2D eigenvalue weighted by atomic mass is 19.2. The first-order chi connectivity index (χ1) is 9.50. The van der Waals surface area contributed by atoms with Crippen molar-refractivity contribution in [1.82, 2.24) is 25.5 Å². The maximum absolute atomic E-state index is 13.2. The number of nitrogens with one attached hydrogen (secondary N) is 1. The number of benzene rings is 1. The van der Waals surface area contributed by atoms with E-state index in [1.54, 1.807) is 0 Å². The summed E-state index contributed by atoms with van der Waals surface area (Å²) in [5.41, 5.74) is -0.353. The minimum atomic E-state index is -1.18. The first kappa shape index (κ1) is 12.3. The van der Waals surface area contributed by atoms with Gasteiger partial charge in [0.15, 0.2) is 17.5 Å². The lowest BCUT2D eigenvalue weighted by atomic mass is 10.1. The molecule has 0 aliphatic carbocycles. The quantitative estimate of drug-likeness (QED) is 0.822. The number of carbonyl (C=O) groups excluding carboxylic acids is 2. The van der Waals surface area contributed by atoms with Crippen molar-refractivity contribution < 1.29 is 18.4 Å². The Kier molecular flexibility index (Phi) is 2.56. The lowest BCUT2D eigenvalue weighted by Gasteiger charge is -2.18. The number of hydrogen-bond acceptors (Lipinski definition) is 5. The summed E-state index contributed by atoms with van der Waals surface area (Å²) in [6.07, 6.45) is 0. The van der Waals surface area contributed by atoms with Crippen LogP contribution in [0.15, 0.2) is 12.1 Å². The topological polar surface area (TPSA) is 91.8 Å². The summed E-state index contributed by atoms with van der Waals surface area (Å²) in [5.74, 6) is -3.68. The largest absolute Gasteiger partial charge is 0.269 e. The van der Waals surface area contributed by atoms with Gasteiger partial charge in [0.25, 0.3) is 11.8 Å². The number of hydrogen-bond donors (Lipinski definition) is 1. The third-order valence-corrected chi connectivity index (χ3v) is 3.08. The van der Waals surface area contributed by atoms with Gasteiger partial charge < -0.3 is 0 Å². The van der Waals surface area contributed by atoms with E-state index in [4.69, 9.17) is 0 Å². The third kappa shape index (κ3) is 1.59. The molecule has 7 nitrogen and oxygen atoms in total. The zero-order chi connectivity index (χ0) is 14.4. The first-order valence-electron chi connectivity index (χ1n) is 5.61. The first-order valence-corrected chi connectivity index (χ1v) is 5.61. The van der Waals surface area contributed by atoms with Gasteiger partial charge in [0.05, 0.1) is 11.1 Å². The third-order valence-electron chi connectivity index (χ3n) is 3.08. The second-order valence-corrected chi connectivity index (χ2v) is 4.24. The number of amides is 2. The van der Waals surface area contributed by atoms with Crippen molar-refractivity contribution in [1.29, 1.82) is 0 Å². The minimum Gasteiger partial charge on any atom is -0.269 e. The van der Waals surface area contributed by atoms with Gasteiger partial charge in [-0.05, 0) is 19.1 Å². The normalized spacial score (nSPS) is 15.7. The molecule has 9 heteroatoms. The molecular weight excluding hydrogens is 272 g/mol. The molecule has 1 aromatic heterocycles. The molecule has 0 saturated heterocycles. The van der Waals surface area contributed by atoms with Crippen molar-refractivity contribution in [3.8, 4) is 0 Å². The van der Waals surface area contributed by atoms with Crippen LogP contribution in [0.3, 0.4) is 0 Å².